The molecule has 2 saturated heterocycles. The van der Waals surface area contributed by atoms with Crippen molar-refractivity contribution in [3.05, 3.63) is 29.8 Å². The van der Waals surface area contributed by atoms with Crippen LogP contribution < -0.4 is 5.32 Å². The van der Waals surface area contributed by atoms with Crippen LogP contribution in [0.5, 0.6) is 0 Å². The fraction of sp³-hybridized carbons (Fsp3) is 0.579. The normalized spacial score (nSPS) is 19.2. The molecule has 3 amide bonds. The van der Waals surface area contributed by atoms with Crippen molar-refractivity contribution in [3.63, 3.8) is 0 Å². The van der Waals surface area contributed by atoms with E-state index in [-0.39, 0.29) is 18.5 Å². The van der Waals surface area contributed by atoms with Gasteiger partial charge in [0.05, 0.1) is 11.4 Å². The number of urea groups is 1. The molecular formula is C19H28N4O4S. The van der Waals surface area contributed by atoms with Gasteiger partial charge in [-0.2, -0.15) is 4.31 Å². The van der Waals surface area contributed by atoms with Gasteiger partial charge in [0.1, 0.15) is 0 Å². The van der Waals surface area contributed by atoms with Gasteiger partial charge < -0.3 is 10.2 Å². The van der Waals surface area contributed by atoms with Crippen molar-refractivity contribution in [2.75, 3.05) is 45.8 Å². The Balaban J connectivity index is 1.47. The SMILES string of the molecule is CCCc1ccc(S(=O)(=O)N2CCN(CCCN3C(=O)CNC3=O)CC2)cc1. The number of hydrogen-bond donors (Lipinski definition) is 1. The molecule has 8 nitrogen and oxygen atoms in total. The number of amides is 3. The molecule has 0 bridgehead atoms. The van der Waals surface area contributed by atoms with Crippen LogP contribution in [0.4, 0.5) is 4.79 Å². The second-order valence-corrected chi connectivity index (χ2v) is 9.14. The molecule has 0 aliphatic carbocycles. The Labute approximate surface area is 166 Å². The van der Waals surface area contributed by atoms with Crippen molar-refractivity contribution in [3.8, 4) is 0 Å². The first kappa shape index (κ1) is 20.8. The average molecular weight is 409 g/mol. The molecule has 0 saturated carbocycles. The van der Waals surface area contributed by atoms with Gasteiger partial charge in [0.15, 0.2) is 0 Å². The van der Waals surface area contributed by atoms with Crippen molar-refractivity contribution in [2.24, 2.45) is 0 Å². The number of imide groups is 1. The highest BCUT2D eigenvalue weighted by molar-refractivity contribution is 7.89. The van der Waals surface area contributed by atoms with Gasteiger partial charge >= 0.3 is 6.03 Å². The molecule has 0 atom stereocenters. The van der Waals surface area contributed by atoms with Gasteiger partial charge in [0.2, 0.25) is 15.9 Å². The van der Waals surface area contributed by atoms with E-state index >= 15 is 0 Å². The van der Waals surface area contributed by atoms with Crippen molar-refractivity contribution in [2.45, 2.75) is 31.1 Å². The third-order valence-electron chi connectivity index (χ3n) is 5.22. The second kappa shape index (κ2) is 9.02. The molecular weight excluding hydrogens is 380 g/mol. The molecule has 0 spiro atoms. The number of carbonyl (C=O) groups excluding carboxylic acids is 2. The number of aryl methyl sites for hydroxylation is 1. The lowest BCUT2D eigenvalue weighted by atomic mass is 10.1. The van der Waals surface area contributed by atoms with E-state index in [1.807, 2.05) is 12.1 Å². The highest BCUT2D eigenvalue weighted by Crippen LogP contribution is 2.19. The molecule has 2 aliphatic rings. The van der Waals surface area contributed by atoms with Gasteiger partial charge in [0.25, 0.3) is 0 Å². The van der Waals surface area contributed by atoms with Crippen LogP contribution >= 0.6 is 0 Å². The fourth-order valence-corrected chi connectivity index (χ4v) is 5.02. The van der Waals surface area contributed by atoms with E-state index in [1.165, 1.54) is 9.21 Å². The zero-order valence-electron chi connectivity index (χ0n) is 16.3. The Bertz CT molecular complexity index is 786. The van der Waals surface area contributed by atoms with Crippen molar-refractivity contribution in [1.82, 2.24) is 19.4 Å². The molecule has 154 valence electrons. The number of rotatable bonds is 8. The molecule has 0 unspecified atom stereocenters. The smallest absolute Gasteiger partial charge is 0.324 e. The van der Waals surface area contributed by atoms with Gasteiger partial charge in [0, 0.05) is 32.7 Å². The number of sulfonamides is 1. The van der Waals surface area contributed by atoms with Crippen LogP contribution in [-0.4, -0.2) is 80.3 Å². The highest BCUT2D eigenvalue weighted by Gasteiger charge is 2.30. The highest BCUT2D eigenvalue weighted by atomic mass is 32.2. The van der Waals surface area contributed by atoms with Crippen LogP contribution in [0.3, 0.4) is 0 Å². The number of nitrogens with zero attached hydrogens (tertiary/aromatic N) is 3. The molecule has 3 rings (SSSR count). The molecule has 1 N–H and O–H groups in total. The Hall–Kier alpha value is -1.97. The van der Waals surface area contributed by atoms with E-state index in [2.05, 4.69) is 17.1 Å². The fourth-order valence-electron chi connectivity index (χ4n) is 3.59. The van der Waals surface area contributed by atoms with Gasteiger partial charge in [-0.1, -0.05) is 25.5 Å². The van der Waals surface area contributed by atoms with Crippen molar-refractivity contribution >= 4 is 22.0 Å². The van der Waals surface area contributed by atoms with Gasteiger partial charge in [-0.05, 0) is 37.1 Å². The van der Waals surface area contributed by atoms with Crippen LogP contribution in [0.15, 0.2) is 29.2 Å². The molecule has 2 fully saturated rings. The summed E-state index contributed by atoms with van der Waals surface area (Å²) in [7, 11) is -3.46. The number of nitrogens with one attached hydrogen (secondary N) is 1. The molecule has 9 heteroatoms. The maximum atomic E-state index is 12.8. The molecule has 2 aliphatic heterocycles. The third kappa shape index (κ3) is 4.71. The van der Waals surface area contributed by atoms with Gasteiger partial charge in [-0.3, -0.25) is 9.69 Å². The number of piperazine rings is 1. The Morgan fingerprint density at radius 1 is 1.00 bits per heavy atom. The van der Waals surface area contributed by atoms with Gasteiger partial charge in [-0.25, -0.2) is 13.2 Å². The van der Waals surface area contributed by atoms with Crippen LogP contribution in [0.25, 0.3) is 0 Å². The summed E-state index contributed by atoms with van der Waals surface area (Å²) in [5.41, 5.74) is 1.15. The lowest BCUT2D eigenvalue weighted by molar-refractivity contribution is -0.125. The van der Waals surface area contributed by atoms with E-state index in [0.717, 1.165) is 24.9 Å². The summed E-state index contributed by atoms with van der Waals surface area (Å²) < 4.78 is 27.2. The van der Waals surface area contributed by atoms with Crippen LogP contribution in [0.2, 0.25) is 0 Å². The lowest BCUT2D eigenvalue weighted by Crippen LogP contribution is -2.49. The minimum atomic E-state index is -3.46. The minimum absolute atomic E-state index is 0.0782. The number of hydrogen-bond acceptors (Lipinski definition) is 5. The zero-order chi connectivity index (χ0) is 20.1. The van der Waals surface area contributed by atoms with E-state index in [9.17, 15) is 18.0 Å². The Morgan fingerprint density at radius 3 is 2.25 bits per heavy atom. The monoisotopic (exact) mass is 408 g/mol. The van der Waals surface area contributed by atoms with Crippen molar-refractivity contribution in [1.29, 1.82) is 0 Å². The largest absolute Gasteiger partial charge is 0.329 e. The van der Waals surface area contributed by atoms with E-state index in [0.29, 0.717) is 44.0 Å². The molecule has 2 heterocycles. The predicted octanol–water partition coefficient (Wildman–Crippen LogP) is 0.887. The zero-order valence-corrected chi connectivity index (χ0v) is 17.1. The first-order chi connectivity index (χ1) is 13.4. The summed E-state index contributed by atoms with van der Waals surface area (Å²) in [4.78, 5) is 26.8. The predicted molar refractivity (Wildman–Crippen MR) is 105 cm³/mol. The quantitative estimate of drug-likeness (QED) is 0.645. The summed E-state index contributed by atoms with van der Waals surface area (Å²) in [6, 6.07) is 6.85. The maximum Gasteiger partial charge on any atom is 0.324 e. The van der Waals surface area contributed by atoms with Gasteiger partial charge in [-0.15, -0.1) is 0 Å². The Morgan fingerprint density at radius 2 is 1.68 bits per heavy atom. The molecule has 28 heavy (non-hydrogen) atoms. The first-order valence-corrected chi connectivity index (χ1v) is 11.3. The van der Waals surface area contributed by atoms with Crippen LogP contribution in [-0.2, 0) is 21.2 Å². The molecule has 0 aromatic heterocycles. The number of benzene rings is 1. The summed E-state index contributed by atoms with van der Waals surface area (Å²) in [5.74, 6) is -0.189. The van der Waals surface area contributed by atoms with E-state index in [1.54, 1.807) is 12.1 Å². The summed E-state index contributed by atoms with van der Waals surface area (Å²) in [6.07, 6.45) is 2.67. The summed E-state index contributed by atoms with van der Waals surface area (Å²) in [6.45, 7) is 5.49. The lowest BCUT2D eigenvalue weighted by Gasteiger charge is -2.34. The van der Waals surface area contributed by atoms with E-state index < -0.39 is 10.0 Å². The standard InChI is InChI=1S/C19H28N4O4S/c1-2-4-16-5-7-17(8-6-16)28(26,27)22-13-11-21(12-14-22)9-3-10-23-18(24)15-20-19(23)25/h5-8H,2-4,9-15H2,1H3,(H,20,25). The maximum absolute atomic E-state index is 12.8. The molecule has 1 aromatic carbocycles. The first-order valence-electron chi connectivity index (χ1n) is 9.81. The second-order valence-electron chi connectivity index (χ2n) is 7.20. The van der Waals surface area contributed by atoms with Crippen LogP contribution in [0.1, 0.15) is 25.3 Å². The molecule has 0 radical (unpaired) electrons. The molecule has 1 aromatic rings. The minimum Gasteiger partial charge on any atom is -0.329 e. The Kier molecular flexibility index (Phi) is 6.69. The van der Waals surface area contributed by atoms with E-state index in [4.69, 9.17) is 0 Å². The van der Waals surface area contributed by atoms with Crippen LogP contribution in [0, 0.1) is 0 Å². The summed E-state index contributed by atoms with van der Waals surface area (Å²) in [5, 5.41) is 2.51. The summed E-state index contributed by atoms with van der Waals surface area (Å²) >= 11 is 0. The average Bonchev–Trinajstić information content (AvgIpc) is 3.01. The topological polar surface area (TPSA) is 90.0 Å². The number of carbonyl (C=O) groups is 2. The van der Waals surface area contributed by atoms with Crippen molar-refractivity contribution < 1.29 is 18.0 Å². The third-order valence-corrected chi connectivity index (χ3v) is 7.14.